The molecule has 25 heavy (non-hydrogen) atoms. The van der Waals surface area contributed by atoms with Crippen molar-refractivity contribution in [1.82, 2.24) is 14.9 Å². The van der Waals surface area contributed by atoms with Crippen LogP contribution in [0.2, 0.25) is 5.02 Å². The minimum atomic E-state index is -0.219. The Hall–Kier alpha value is -2.14. The SMILES string of the molecule is CCc1cc(=O)n(CC(=O)NC2CCCC2)c(-c2cccc(Cl)c2)n1. The third kappa shape index (κ3) is 4.28. The molecule has 3 rings (SSSR count). The topological polar surface area (TPSA) is 64.0 Å². The van der Waals surface area contributed by atoms with Crippen molar-refractivity contribution < 1.29 is 4.79 Å². The zero-order valence-electron chi connectivity index (χ0n) is 14.3. The second-order valence-corrected chi connectivity index (χ2v) is 6.84. The van der Waals surface area contributed by atoms with Crippen LogP contribution in [0.1, 0.15) is 38.3 Å². The van der Waals surface area contributed by atoms with Crippen LogP contribution in [0.25, 0.3) is 11.4 Å². The molecule has 1 aliphatic rings. The molecule has 0 aliphatic heterocycles. The van der Waals surface area contributed by atoms with Gasteiger partial charge in [-0.1, -0.05) is 43.5 Å². The largest absolute Gasteiger partial charge is 0.352 e. The summed E-state index contributed by atoms with van der Waals surface area (Å²) < 4.78 is 1.43. The predicted molar refractivity (Wildman–Crippen MR) is 98.7 cm³/mol. The van der Waals surface area contributed by atoms with Crippen LogP contribution in [0.5, 0.6) is 0 Å². The summed E-state index contributed by atoms with van der Waals surface area (Å²) in [5.74, 6) is 0.330. The highest BCUT2D eigenvalue weighted by atomic mass is 35.5. The Morgan fingerprint density at radius 1 is 1.32 bits per heavy atom. The lowest BCUT2D eigenvalue weighted by Gasteiger charge is -2.16. The Balaban J connectivity index is 1.94. The average molecular weight is 360 g/mol. The third-order valence-electron chi connectivity index (χ3n) is 4.53. The first-order valence-corrected chi connectivity index (χ1v) is 9.10. The van der Waals surface area contributed by atoms with E-state index in [1.165, 1.54) is 10.6 Å². The first kappa shape index (κ1) is 17.7. The van der Waals surface area contributed by atoms with Gasteiger partial charge in [0.15, 0.2) is 0 Å². The maximum atomic E-state index is 12.6. The zero-order valence-corrected chi connectivity index (χ0v) is 15.1. The van der Waals surface area contributed by atoms with Gasteiger partial charge in [-0.05, 0) is 31.4 Å². The van der Waals surface area contributed by atoms with Gasteiger partial charge in [-0.25, -0.2) is 4.98 Å². The molecule has 0 spiro atoms. The number of aromatic nitrogens is 2. The van der Waals surface area contributed by atoms with Gasteiger partial charge < -0.3 is 5.32 Å². The quantitative estimate of drug-likeness (QED) is 0.891. The third-order valence-corrected chi connectivity index (χ3v) is 4.76. The van der Waals surface area contributed by atoms with E-state index in [4.69, 9.17) is 11.6 Å². The van der Waals surface area contributed by atoms with E-state index in [1.807, 2.05) is 19.1 Å². The molecule has 5 nitrogen and oxygen atoms in total. The van der Waals surface area contributed by atoms with E-state index in [0.29, 0.717) is 23.0 Å². The van der Waals surface area contributed by atoms with Crippen LogP contribution in [0.15, 0.2) is 35.1 Å². The summed E-state index contributed by atoms with van der Waals surface area (Å²) in [6.45, 7) is 1.91. The van der Waals surface area contributed by atoms with E-state index in [-0.39, 0.29) is 24.1 Å². The number of nitrogens with one attached hydrogen (secondary N) is 1. The molecule has 1 N–H and O–H groups in total. The van der Waals surface area contributed by atoms with Gasteiger partial charge in [0.25, 0.3) is 5.56 Å². The molecule has 1 aromatic heterocycles. The van der Waals surface area contributed by atoms with E-state index in [1.54, 1.807) is 12.1 Å². The van der Waals surface area contributed by atoms with Gasteiger partial charge in [-0.3, -0.25) is 14.2 Å². The normalized spacial score (nSPS) is 14.6. The fraction of sp³-hybridized carbons (Fsp3) is 0.421. The molecule has 1 amide bonds. The Morgan fingerprint density at radius 3 is 2.76 bits per heavy atom. The fourth-order valence-corrected chi connectivity index (χ4v) is 3.41. The molecule has 0 radical (unpaired) electrons. The Kier molecular flexibility index (Phi) is 5.53. The number of halogens is 1. The molecule has 0 unspecified atom stereocenters. The number of hydrogen-bond donors (Lipinski definition) is 1. The maximum absolute atomic E-state index is 12.6. The lowest BCUT2D eigenvalue weighted by atomic mass is 10.2. The molecule has 132 valence electrons. The summed E-state index contributed by atoms with van der Waals surface area (Å²) in [4.78, 5) is 29.5. The lowest BCUT2D eigenvalue weighted by molar-refractivity contribution is -0.122. The van der Waals surface area contributed by atoms with Crippen LogP contribution in [0, 0.1) is 0 Å². The van der Waals surface area contributed by atoms with Crippen molar-refractivity contribution in [2.45, 2.75) is 51.6 Å². The first-order chi connectivity index (χ1) is 12.1. The van der Waals surface area contributed by atoms with Crippen molar-refractivity contribution >= 4 is 17.5 Å². The van der Waals surface area contributed by atoms with Gasteiger partial charge in [0.1, 0.15) is 12.4 Å². The van der Waals surface area contributed by atoms with E-state index >= 15 is 0 Å². The molecule has 0 atom stereocenters. The summed E-state index contributed by atoms with van der Waals surface area (Å²) >= 11 is 6.09. The van der Waals surface area contributed by atoms with Gasteiger partial charge in [0, 0.05) is 28.4 Å². The summed E-state index contributed by atoms with van der Waals surface area (Å²) in [7, 11) is 0. The van der Waals surface area contributed by atoms with Crippen molar-refractivity contribution in [3.63, 3.8) is 0 Å². The molecular weight excluding hydrogens is 338 g/mol. The van der Waals surface area contributed by atoms with Crippen molar-refractivity contribution in [1.29, 1.82) is 0 Å². The monoisotopic (exact) mass is 359 g/mol. The second-order valence-electron chi connectivity index (χ2n) is 6.41. The van der Waals surface area contributed by atoms with E-state index in [2.05, 4.69) is 10.3 Å². The number of nitrogens with zero attached hydrogens (tertiary/aromatic N) is 2. The molecule has 1 aliphatic carbocycles. The minimum Gasteiger partial charge on any atom is -0.352 e. The summed E-state index contributed by atoms with van der Waals surface area (Å²) in [5.41, 5.74) is 1.21. The van der Waals surface area contributed by atoms with Crippen LogP contribution in [0.4, 0.5) is 0 Å². The minimum absolute atomic E-state index is 0.0336. The summed E-state index contributed by atoms with van der Waals surface area (Å²) in [6, 6.07) is 8.90. The van der Waals surface area contributed by atoms with Crippen molar-refractivity contribution in [3.8, 4) is 11.4 Å². The highest BCUT2D eigenvalue weighted by molar-refractivity contribution is 6.30. The van der Waals surface area contributed by atoms with E-state index in [9.17, 15) is 9.59 Å². The molecule has 1 saturated carbocycles. The Morgan fingerprint density at radius 2 is 2.08 bits per heavy atom. The van der Waals surface area contributed by atoms with Gasteiger partial charge in [0.2, 0.25) is 5.91 Å². The van der Waals surface area contributed by atoms with Crippen molar-refractivity contribution in [2.75, 3.05) is 0 Å². The number of carbonyl (C=O) groups excluding carboxylic acids is 1. The van der Waals surface area contributed by atoms with Crippen LogP contribution in [-0.2, 0) is 17.8 Å². The van der Waals surface area contributed by atoms with Gasteiger partial charge >= 0.3 is 0 Å². The van der Waals surface area contributed by atoms with Gasteiger partial charge in [0.05, 0.1) is 0 Å². The molecule has 0 bridgehead atoms. The molecule has 0 saturated heterocycles. The second kappa shape index (κ2) is 7.83. The van der Waals surface area contributed by atoms with Crippen molar-refractivity contribution in [3.05, 3.63) is 51.4 Å². The number of hydrogen-bond acceptors (Lipinski definition) is 3. The number of benzene rings is 1. The van der Waals surface area contributed by atoms with Gasteiger partial charge in [-0.15, -0.1) is 0 Å². The molecule has 1 aromatic carbocycles. The van der Waals surface area contributed by atoms with E-state index < -0.39 is 0 Å². The van der Waals surface area contributed by atoms with Crippen LogP contribution < -0.4 is 10.9 Å². The zero-order chi connectivity index (χ0) is 17.8. The molecule has 1 fully saturated rings. The molecular formula is C19H22ClN3O2. The van der Waals surface area contributed by atoms with Gasteiger partial charge in [-0.2, -0.15) is 0 Å². The summed E-state index contributed by atoms with van der Waals surface area (Å²) in [5, 5.41) is 3.59. The molecule has 1 heterocycles. The Bertz CT molecular complexity index is 826. The smallest absolute Gasteiger partial charge is 0.254 e. The number of aryl methyl sites for hydroxylation is 1. The highest BCUT2D eigenvalue weighted by Gasteiger charge is 2.19. The summed E-state index contributed by atoms with van der Waals surface area (Å²) in [6.07, 6.45) is 4.96. The first-order valence-electron chi connectivity index (χ1n) is 8.73. The maximum Gasteiger partial charge on any atom is 0.254 e. The lowest BCUT2D eigenvalue weighted by Crippen LogP contribution is -2.38. The highest BCUT2D eigenvalue weighted by Crippen LogP contribution is 2.21. The standard InChI is InChI=1S/C19H22ClN3O2/c1-2-15-11-18(25)23(12-17(24)21-16-8-3-4-9-16)19(22-15)13-6-5-7-14(20)10-13/h5-7,10-11,16H,2-4,8-9,12H2,1H3,(H,21,24). The fourth-order valence-electron chi connectivity index (χ4n) is 3.22. The average Bonchev–Trinajstić information content (AvgIpc) is 3.09. The number of amides is 1. The Labute approximate surface area is 152 Å². The van der Waals surface area contributed by atoms with Crippen LogP contribution in [-0.4, -0.2) is 21.5 Å². The van der Waals surface area contributed by atoms with E-state index in [0.717, 1.165) is 31.2 Å². The van der Waals surface area contributed by atoms with Crippen molar-refractivity contribution in [2.24, 2.45) is 0 Å². The number of rotatable bonds is 5. The van der Waals surface area contributed by atoms with Crippen LogP contribution >= 0.6 is 11.6 Å². The molecule has 2 aromatic rings. The molecule has 6 heteroatoms. The predicted octanol–water partition coefficient (Wildman–Crippen LogP) is 3.18. The number of carbonyl (C=O) groups is 1. The van der Waals surface area contributed by atoms with Crippen LogP contribution in [0.3, 0.4) is 0 Å².